The lowest BCUT2D eigenvalue weighted by atomic mass is 10.1. The molecular formula is C20H10BrFN2O4. The fourth-order valence-corrected chi connectivity index (χ4v) is 3.20. The lowest BCUT2D eigenvalue weighted by molar-refractivity contribution is 0.0688. The molecule has 0 atom stereocenters. The van der Waals surface area contributed by atoms with Gasteiger partial charge in [-0.15, -0.1) is 0 Å². The number of hydrogen-bond donors (Lipinski definition) is 1. The van der Waals surface area contributed by atoms with Gasteiger partial charge in [0, 0.05) is 33.6 Å². The number of nitrogens with zero attached hydrogens (tertiary/aromatic N) is 2. The molecule has 0 spiro atoms. The van der Waals surface area contributed by atoms with E-state index in [1.165, 1.54) is 18.3 Å². The van der Waals surface area contributed by atoms with Gasteiger partial charge in [0.2, 0.25) is 5.88 Å². The highest BCUT2D eigenvalue weighted by molar-refractivity contribution is 9.10. The molecule has 4 rings (SSSR count). The van der Waals surface area contributed by atoms with Crippen LogP contribution in [0.2, 0.25) is 0 Å². The summed E-state index contributed by atoms with van der Waals surface area (Å²) in [6, 6.07) is 11.4. The molecule has 0 aliphatic carbocycles. The molecule has 1 N–H and O–H groups in total. The van der Waals surface area contributed by atoms with Crippen molar-refractivity contribution in [1.29, 1.82) is 0 Å². The van der Waals surface area contributed by atoms with Gasteiger partial charge in [0.15, 0.2) is 0 Å². The lowest BCUT2D eigenvalue weighted by Gasteiger charge is -2.09. The Balaban J connectivity index is 1.78. The van der Waals surface area contributed by atoms with Crippen LogP contribution in [-0.4, -0.2) is 27.0 Å². The minimum Gasteiger partial charge on any atom is -0.478 e. The summed E-state index contributed by atoms with van der Waals surface area (Å²) in [7, 11) is 0. The molecule has 0 saturated carbocycles. The first kappa shape index (κ1) is 18.0. The zero-order chi connectivity index (χ0) is 19.8. The second-order valence-corrected chi connectivity index (χ2v) is 6.80. The first-order valence-corrected chi connectivity index (χ1v) is 8.82. The minimum absolute atomic E-state index is 0.0752. The quantitative estimate of drug-likeness (QED) is 0.468. The third-order valence-electron chi connectivity index (χ3n) is 4.10. The van der Waals surface area contributed by atoms with Crippen LogP contribution in [0.25, 0.3) is 21.8 Å². The monoisotopic (exact) mass is 440 g/mol. The van der Waals surface area contributed by atoms with Crippen LogP contribution in [0.3, 0.4) is 0 Å². The molecule has 0 fully saturated rings. The summed E-state index contributed by atoms with van der Waals surface area (Å²) >= 11 is 3.35. The van der Waals surface area contributed by atoms with E-state index >= 15 is 0 Å². The molecule has 2 heterocycles. The number of pyridine rings is 2. The highest BCUT2D eigenvalue weighted by Crippen LogP contribution is 2.25. The van der Waals surface area contributed by atoms with Crippen molar-refractivity contribution in [2.24, 2.45) is 0 Å². The van der Waals surface area contributed by atoms with Crippen LogP contribution < -0.4 is 4.74 Å². The number of benzene rings is 2. The maximum atomic E-state index is 13.5. The fourth-order valence-electron chi connectivity index (χ4n) is 2.86. The summed E-state index contributed by atoms with van der Waals surface area (Å²) in [5, 5.41) is 10.2. The van der Waals surface area contributed by atoms with Crippen molar-refractivity contribution >= 4 is 49.7 Å². The summed E-state index contributed by atoms with van der Waals surface area (Å²) in [4.78, 5) is 32.5. The molecule has 2 aromatic carbocycles. The van der Waals surface area contributed by atoms with Crippen molar-refractivity contribution in [3.8, 4) is 5.88 Å². The summed E-state index contributed by atoms with van der Waals surface area (Å²) in [6.07, 6.45) is 1.47. The average Bonchev–Trinajstić information content (AvgIpc) is 2.66. The maximum absolute atomic E-state index is 13.5. The summed E-state index contributed by atoms with van der Waals surface area (Å²) in [5.74, 6) is -2.78. The van der Waals surface area contributed by atoms with E-state index in [9.17, 15) is 19.1 Å². The molecule has 2 aromatic heterocycles. The van der Waals surface area contributed by atoms with Gasteiger partial charge < -0.3 is 9.84 Å². The zero-order valence-corrected chi connectivity index (χ0v) is 15.6. The number of hydrogen-bond acceptors (Lipinski definition) is 5. The SMILES string of the molecule is O=C(O)c1cc(OC(=O)c2ccnc3cc(Br)ccc23)nc2cc(F)ccc12. The van der Waals surface area contributed by atoms with Crippen LogP contribution in [0.4, 0.5) is 4.39 Å². The summed E-state index contributed by atoms with van der Waals surface area (Å²) in [6.45, 7) is 0. The van der Waals surface area contributed by atoms with E-state index in [-0.39, 0.29) is 27.9 Å². The van der Waals surface area contributed by atoms with Gasteiger partial charge >= 0.3 is 11.9 Å². The Morgan fingerprint density at radius 2 is 1.71 bits per heavy atom. The molecule has 4 aromatic rings. The molecule has 0 saturated heterocycles. The first-order chi connectivity index (χ1) is 13.4. The number of aromatic carboxylic acids is 1. The minimum atomic E-state index is -1.24. The number of carbonyl (C=O) groups excluding carboxylic acids is 1. The van der Waals surface area contributed by atoms with Crippen LogP contribution >= 0.6 is 15.9 Å². The van der Waals surface area contributed by atoms with Crippen LogP contribution in [-0.2, 0) is 0 Å². The maximum Gasteiger partial charge on any atom is 0.345 e. The van der Waals surface area contributed by atoms with Crippen molar-refractivity contribution in [1.82, 2.24) is 9.97 Å². The van der Waals surface area contributed by atoms with Gasteiger partial charge in [-0.1, -0.05) is 22.0 Å². The Labute approximate surface area is 165 Å². The smallest absolute Gasteiger partial charge is 0.345 e. The van der Waals surface area contributed by atoms with Crippen molar-refractivity contribution in [3.05, 3.63) is 76.1 Å². The van der Waals surface area contributed by atoms with Gasteiger partial charge in [-0.3, -0.25) is 4.98 Å². The van der Waals surface area contributed by atoms with Crippen molar-refractivity contribution in [2.75, 3.05) is 0 Å². The first-order valence-electron chi connectivity index (χ1n) is 8.02. The highest BCUT2D eigenvalue weighted by atomic mass is 79.9. The Kier molecular flexibility index (Phi) is 4.48. The van der Waals surface area contributed by atoms with Crippen LogP contribution in [0.15, 0.2) is 59.2 Å². The third kappa shape index (κ3) is 3.29. The van der Waals surface area contributed by atoms with E-state index in [1.54, 1.807) is 18.2 Å². The molecule has 0 radical (unpaired) electrons. The number of halogens is 2. The standard InChI is InChI=1S/C20H10BrFN2O4/c21-10-1-3-12-14(5-6-23-16(12)7-10)20(27)28-18-9-15(19(25)26)13-4-2-11(22)8-17(13)24-18/h1-9H,(H,25,26). The molecule has 138 valence electrons. The second kappa shape index (κ2) is 6.97. The largest absolute Gasteiger partial charge is 0.478 e. The molecule has 0 aliphatic rings. The fraction of sp³-hybridized carbons (Fsp3) is 0. The van der Waals surface area contributed by atoms with Crippen LogP contribution in [0, 0.1) is 5.82 Å². The predicted molar refractivity (Wildman–Crippen MR) is 103 cm³/mol. The number of carboxylic acids is 1. The molecular weight excluding hydrogens is 431 g/mol. The molecule has 0 bridgehead atoms. The Bertz CT molecular complexity index is 1280. The van der Waals surface area contributed by atoms with Gasteiger partial charge in [0.25, 0.3) is 0 Å². The van der Waals surface area contributed by atoms with E-state index < -0.39 is 17.8 Å². The molecule has 8 heteroatoms. The molecule has 28 heavy (non-hydrogen) atoms. The lowest BCUT2D eigenvalue weighted by Crippen LogP contribution is -2.11. The van der Waals surface area contributed by atoms with Gasteiger partial charge in [0.05, 0.1) is 22.2 Å². The predicted octanol–water partition coefficient (Wildman–Crippen LogP) is 4.60. The number of rotatable bonds is 3. The number of carboxylic acid groups (broad SMARTS) is 1. The van der Waals surface area contributed by atoms with Gasteiger partial charge in [0.1, 0.15) is 5.82 Å². The number of fused-ring (bicyclic) bond motifs is 2. The molecule has 6 nitrogen and oxygen atoms in total. The molecule has 0 unspecified atom stereocenters. The molecule has 0 amide bonds. The average molecular weight is 441 g/mol. The van der Waals surface area contributed by atoms with E-state index in [0.29, 0.717) is 10.9 Å². The summed E-state index contributed by atoms with van der Waals surface area (Å²) < 4.78 is 19.6. The van der Waals surface area contributed by atoms with Gasteiger partial charge in [-0.05, 0) is 30.3 Å². The number of carbonyl (C=O) groups is 2. The summed E-state index contributed by atoms with van der Waals surface area (Å²) in [5.41, 5.74) is 0.765. The third-order valence-corrected chi connectivity index (χ3v) is 4.59. The van der Waals surface area contributed by atoms with Gasteiger partial charge in [-0.25, -0.2) is 19.0 Å². The Hall–Kier alpha value is -3.39. The number of ether oxygens (including phenoxy) is 1. The molecule has 0 aliphatic heterocycles. The van der Waals surface area contributed by atoms with Crippen LogP contribution in [0.1, 0.15) is 20.7 Å². The van der Waals surface area contributed by atoms with E-state index in [0.717, 1.165) is 22.7 Å². The number of aromatic nitrogens is 2. The Morgan fingerprint density at radius 3 is 2.50 bits per heavy atom. The second-order valence-electron chi connectivity index (χ2n) is 5.88. The van der Waals surface area contributed by atoms with Crippen molar-refractivity contribution in [3.63, 3.8) is 0 Å². The van der Waals surface area contributed by atoms with E-state index in [1.807, 2.05) is 0 Å². The van der Waals surface area contributed by atoms with E-state index in [4.69, 9.17) is 4.74 Å². The van der Waals surface area contributed by atoms with Crippen molar-refractivity contribution in [2.45, 2.75) is 0 Å². The highest BCUT2D eigenvalue weighted by Gasteiger charge is 2.18. The normalized spacial score (nSPS) is 10.9. The number of esters is 1. The zero-order valence-electron chi connectivity index (χ0n) is 14.0. The van der Waals surface area contributed by atoms with E-state index in [2.05, 4.69) is 25.9 Å². The Morgan fingerprint density at radius 1 is 0.964 bits per heavy atom. The van der Waals surface area contributed by atoms with Gasteiger partial charge in [-0.2, -0.15) is 0 Å². The topological polar surface area (TPSA) is 89.4 Å². The van der Waals surface area contributed by atoms with Crippen LogP contribution in [0.5, 0.6) is 5.88 Å². The van der Waals surface area contributed by atoms with Crippen molar-refractivity contribution < 1.29 is 23.8 Å².